The maximum Gasteiger partial charge on any atom is 0.137 e. The normalized spacial score (nSPS) is 13.1. The van der Waals surface area contributed by atoms with Crippen molar-refractivity contribution in [3.05, 3.63) is 107 Å². The molecule has 2 N–H and O–H groups in total. The first-order valence-corrected chi connectivity index (χ1v) is 11.2. The molecule has 0 amide bonds. The molecule has 0 aliphatic rings. The molecule has 3 aromatic carbocycles. The Morgan fingerprint density at radius 1 is 1.00 bits per heavy atom. The quantitative estimate of drug-likeness (QED) is 0.325. The number of hydrogen-bond donors (Lipinski definition) is 2. The Labute approximate surface area is 204 Å². The maximum atomic E-state index is 14.7. The Kier molecular flexibility index (Phi) is 6.19. The van der Waals surface area contributed by atoms with Gasteiger partial charge in [0, 0.05) is 40.5 Å². The van der Waals surface area contributed by atoms with Gasteiger partial charge < -0.3 is 10.4 Å². The van der Waals surface area contributed by atoms with Gasteiger partial charge in [0.25, 0.3) is 0 Å². The molecule has 0 aliphatic carbocycles. The summed E-state index contributed by atoms with van der Waals surface area (Å²) < 4.78 is 31.2. The van der Waals surface area contributed by atoms with E-state index in [0.717, 1.165) is 28.8 Å². The second kappa shape index (κ2) is 9.44. The fourth-order valence-corrected chi connectivity index (χ4v) is 4.24. The van der Waals surface area contributed by atoms with Gasteiger partial charge in [0.2, 0.25) is 0 Å². The van der Waals surface area contributed by atoms with E-state index in [1.807, 2.05) is 42.5 Å². The summed E-state index contributed by atoms with van der Waals surface area (Å²) in [5.41, 5.74) is 0.691. The molecule has 5 aromatic rings. The van der Waals surface area contributed by atoms with Crippen LogP contribution in [-0.4, -0.2) is 29.7 Å². The molecule has 178 valence electrons. The number of aromatic nitrogens is 5. The second-order valence-electron chi connectivity index (χ2n) is 8.29. The van der Waals surface area contributed by atoms with Gasteiger partial charge in [0.05, 0.1) is 18.6 Å². The summed E-state index contributed by atoms with van der Waals surface area (Å²) >= 11 is 6.23. The van der Waals surface area contributed by atoms with Crippen molar-refractivity contribution in [3.63, 3.8) is 0 Å². The van der Waals surface area contributed by atoms with Crippen molar-refractivity contribution in [3.8, 4) is 0 Å². The van der Waals surface area contributed by atoms with Crippen LogP contribution in [0.15, 0.2) is 79.5 Å². The number of hydrogen-bond acceptors (Lipinski definition) is 5. The SMILES string of the molecule is OC(Cn1cncn1)(Cn1cc2ccc(NCc3ccccc3Cl)cc2n1)c1ccc(F)cc1F. The van der Waals surface area contributed by atoms with E-state index in [1.54, 1.807) is 10.9 Å². The number of fused-ring (bicyclic) bond motifs is 1. The number of rotatable bonds is 8. The van der Waals surface area contributed by atoms with E-state index in [-0.39, 0.29) is 18.7 Å². The summed E-state index contributed by atoms with van der Waals surface area (Å²) in [4.78, 5) is 3.88. The average molecular weight is 495 g/mol. The molecule has 1 unspecified atom stereocenters. The van der Waals surface area contributed by atoms with Crippen LogP contribution in [0.25, 0.3) is 10.9 Å². The van der Waals surface area contributed by atoms with E-state index in [2.05, 4.69) is 20.5 Å². The lowest BCUT2D eigenvalue weighted by molar-refractivity contribution is -0.00828. The number of benzene rings is 3. The summed E-state index contributed by atoms with van der Waals surface area (Å²) in [5.74, 6) is -1.58. The lowest BCUT2D eigenvalue weighted by Crippen LogP contribution is -2.37. The highest BCUT2D eigenvalue weighted by atomic mass is 35.5. The van der Waals surface area contributed by atoms with E-state index < -0.39 is 17.2 Å². The van der Waals surface area contributed by atoms with Gasteiger partial charge in [0.1, 0.15) is 29.9 Å². The molecule has 1 atom stereocenters. The predicted molar refractivity (Wildman–Crippen MR) is 129 cm³/mol. The summed E-state index contributed by atoms with van der Waals surface area (Å²) in [6, 6.07) is 16.4. The molecule has 35 heavy (non-hydrogen) atoms. The van der Waals surface area contributed by atoms with Crippen LogP contribution in [0.1, 0.15) is 11.1 Å². The molecular formula is C25H21ClF2N6O. The topological polar surface area (TPSA) is 80.8 Å². The van der Waals surface area contributed by atoms with Crippen LogP contribution < -0.4 is 5.32 Å². The molecule has 2 aromatic heterocycles. The van der Waals surface area contributed by atoms with E-state index in [4.69, 9.17) is 11.6 Å². The molecule has 7 nitrogen and oxygen atoms in total. The first-order valence-electron chi connectivity index (χ1n) is 10.8. The van der Waals surface area contributed by atoms with Gasteiger partial charge in [-0.3, -0.25) is 4.68 Å². The Balaban J connectivity index is 1.42. The number of anilines is 1. The first-order chi connectivity index (χ1) is 16.9. The van der Waals surface area contributed by atoms with Crippen LogP contribution in [0.4, 0.5) is 14.5 Å². The third-order valence-corrected chi connectivity index (χ3v) is 6.11. The first kappa shape index (κ1) is 22.9. The highest BCUT2D eigenvalue weighted by Gasteiger charge is 2.34. The summed E-state index contributed by atoms with van der Waals surface area (Å²) in [6.07, 6.45) is 4.50. The van der Waals surface area contributed by atoms with Crippen molar-refractivity contribution in [2.45, 2.75) is 25.2 Å². The minimum atomic E-state index is -1.77. The molecular weight excluding hydrogens is 474 g/mol. The van der Waals surface area contributed by atoms with Crippen molar-refractivity contribution in [2.75, 3.05) is 5.32 Å². The van der Waals surface area contributed by atoms with Crippen LogP contribution >= 0.6 is 11.6 Å². The predicted octanol–water partition coefficient (Wildman–Crippen LogP) is 4.76. The van der Waals surface area contributed by atoms with Crippen molar-refractivity contribution >= 4 is 28.2 Å². The van der Waals surface area contributed by atoms with Crippen molar-refractivity contribution < 1.29 is 13.9 Å². The molecule has 2 heterocycles. The van der Waals surface area contributed by atoms with Gasteiger partial charge in [-0.25, -0.2) is 18.4 Å². The highest BCUT2D eigenvalue weighted by Crippen LogP contribution is 2.29. The van der Waals surface area contributed by atoms with Crippen molar-refractivity contribution in [1.82, 2.24) is 24.5 Å². The molecule has 5 rings (SSSR count). The van der Waals surface area contributed by atoms with Crippen molar-refractivity contribution in [1.29, 1.82) is 0 Å². The van der Waals surface area contributed by atoms with E-state index in [0.29, 0.717) is 17.1 Å². The lowest BCUT2D eigenvalue weighted by atomic mass is 9.93. The van der Waals surface area contributed by atoms with Crippen molar-refractivity contribution in [2.24, 2.45) is 0 Å². The van der Waals surface area contributed by atoms with E-state index in [9.17, 15) is 13.9 Å². The number of nitrogens with one attached hydrogen (secondary N) is 1. The van der Waals surface area contributed by atoms with E-state index >= 15 is 0 Å². The van der Waals surface area contributed by atoms with E-state index in [1.165, 1.54) is 23.4 Å². The summed E-state index contributed by atoms with van der Waals surface area (Å²) in [7, 11) is 0. The molecule has 0 spiro atoms. The highest BCUT2D eigenvalue weighted by molar-refractivity contribution is 6.31. The standard InChI is InChI=1S/C25H21ClF2N6O/c26-22-4-2-1-3-17(22)11-30-20-7-5-18-12-33(32-24(18)10-20)13-25(35,14-34-16-29-15-31-34)21-8-6-19(27)9-23(21)28/h1-10,12,15-16,30,35H,11,13-14H2. The molecule has 10 heteroatoms. The Morgan fingerprint density at radius 2 is 1.83 bits per heavy atom. The average Bonchev–Trinajstić information content (AvgIpc) is 3.47. The van der Waals surface area contributed by atoms with Gasteiger partial charge in [0.15, 0.2) is 0 Å². The molecule has 0 fully saturated rings. The number of aliphatic hydroxyl groups is 1. The van der Waals surface area contributed by atoms with Crippen LogP contribution in [0.2, 0.25) is 5.02 Å². The van der Waals surface area contributed by atoms with Crippen LogP contribution in [-0.2, 0) is 25.2 Å². The maximum absolute atomic E-state index is 14.7. The second-order valence-corrected chi connectivity index (χ2v) is 8.70. The zero-order chi connectivity index (χ0) is 24.4. The molecule has 0 aliphatic heterocycles. The number of nitrogens with zero attached hydrogens (tertiary/aromatic N) is 5. The molecule has 0 saturated heterocycles. The van der Waals surface area contributed by atoms with Gasteiger partial charge in [-0.15, -0.1) is 0 Å². The Morgan fingerprint density at radius 3 is 2.60 bits per heavy atom. The molecule has 0 saturated carbocycles. The fraction of sp³-hybridized carbons (Fsp3) is 0.160. The van der Waals surface area contributed by atoms with Crippen LogP contribution in [0.3, 0.4) is 0 Å². The Hall–Kier alpha value is -3.82. The minimum absolute atomic E-state index is 0.0592. The largest absolute Gasteiger partial charge is 0.381 e. The molecule has 0 bridgehead atoms. The number of halogens is 3. The third kappa shape index (κ3) is 5.01. The zero-order valence-corrected chi connectivity index (χ0v) is 19.2. The molecule has 0 radical (unpaired) electrons. The van der Waals surface area contributed by atoms with Gasteiger partial charge in [-0.2, -0.15) is 10.2 Å². The fourth-order valence-electron chi connectivity index (χ4n) is 4.03. The summed E-state index contributed by atoms with van der Waals surface area (Å²) in [6.45, 7) is 0.357. The van der Waals surface area contributed by atoms with Gasteiger partial charge in [-0.05, 0) is 35.9 Å². The zero-order valence-electron chi connectivity index (χ0n) is 18.4. The van der Waals surface area contributed by atoms with Crippen LogP contribution in [0.5, 0.6) is 0 Å². The van der Waals surface area contributed by atoms with Gasteiger partial charge >= 0.3 is 0 Å². The smallest absolute Gasteiger partial charge is 0.137 e. The lowest BCUT2D eigenvalue weighted by Gasteiger charge is -2.28. The summed E-state index contributed by atoms with van der Waals surface area (Å²) in [5, 5.41) is 25.0. The van der Waals surface area contributed by atoms with Gasteiger partial charge in [-0.1, -0.05) is 35.9 Å². The Bertz CT molecular complexity index is 1470. The minimum Gasteiger partial charge on any atom is -0.381 e. The third-order valence-electron chi connectivity index (χ3n) is 5.74. The monoisotopic (exact) mass is 494 g/mol. The van der Waals surface area contributed by atoms with Crippen LogP contribution in [0, 0.1) is 11.6 Å².